The van der Waals surface area contributed by atoms with Gasteiger partial charge in [-0.05, 0) is 61.1 Å². The molecule has 10 nitrogen and oxygen atoms in total. The number of nitrogens with zero attached hydrogens (tertiary/aromatic N) is 3. The van der Waals surface area contributed by atoms with E-state index in [4.69, 9.17) is 25.8 Å². The maximum atomic E-state index is 9.71. The quantitative estimate of drug-likeness (QED) is 0.124. The third kappa shape index (κ3) is 9.79. The Morgan fingerprint density at radius 3 is 2.63 bits per heavy atom. The first kappa shape index (κ1) is 39.4. The van der Waals surface area contributed by atoms with E-state index in [0.29, 0.717) is 40.2 Å². The Balaban J connectivity index is 1.39. The van der Waals surface area contributed by atoms with Crippen LogP contribution in [0.1, 0.15) is 55.4 Å². The number of aliphatic hydroxyl groups excluding tert-OH is 3. The molecule has 278 valence electrons. The number of halogens is 1. The number of likely N-dealkylation sites (tertiary alicyclic amines) is 1. The molecule has 0 bridgehead atoms. The third-order valence-corrected chi connectivity index (χ3v) is 10.5. The normalized spacial score (nSPS) is 20.0. The zero-order valence-corrected chi connectivity index (χ0v) is 30.9. The van der Waals surface area contributed by atoms with Crippen LogP contribution < -0.4 is 14.8 Å². The summed E-state index contributed by atoms with van der Waals surface area (Å²) in [7, 11) is 0. The van der Waals surface area contributed by atoms with Crippen molar-refractivity contribution in [3.05, 3.63) is 106 Å². The van der Waals surface area contributed by atoms with E-state index in [-0.39, 0.29) is 39.6 Å². The molecule has 2 atom stereocenters. The van der Waals surface area contributed by atoms with Crippen molar-refractivity contribution in [1.82, 2.24) is 15.2 Å². The predicted molar refractivity (Wildman–Crippen MR) is 202 cm³/mol. The summed E-state index contributed by atoms with van der Waals surface area (Å²) in [6.45, 7) is 8.04. The molecule has 4 N–H and O–H groups in total. The maximum absolute atomic E-state index is 9.71. The Hall–Kier alpha value is -3.79. The number of aromatic nitrogens is 1. The molecule has 1 aliphatic carbocycles. The molecule has 0 spiro atoms. The number of pyridine rings is 1. The van der Waals surface area contributed by atoms with Crippen LogP contribution in [0.5, 0.6) is 11.5 Å². The molecular formula is C41H51ClN4O6. The number of nitrogens with one attached hydrogen (secondary N) is 1. The fourth-order valence-corrected chi connectivity index (χ4v) is 7.18. The van der Waals surface area contributed by atoms with Crippen molar-refractivity contribution < 1.29 is 29.5 Å². The predicted octanol–water partition coefficient (Wildman–Crippen LogP) is 5.54. The summed E-state index contributed by atoms with van der Waals surface area (Å²) in [5.41, 5.74) is 2.73. The van der Waals surface area contributed by atoms with Crippen LogP contribution in [0.25, 0.3) is 5.57 Å². The molecular weight excluding hydrogens is 680 g/mol. The zero-order chi connectivity index (χ0) is 37.0. The van der Waals surface area contributed by atoms with Crippen molar-refractivity contribution in [3.8, 4) is 17.6 Å². The summed E-state index contributed by atoms with van der Waals surface area (Å²) < 4.78 is 19.8. The number of aliphatic hydroxyl groups is 3. The Kier molecular flexibility index (Phi) is 14.3. The van der Waals surface area contributed by atoms with Gasteiger partial charge in [0.1, 0.15) is 36.4 Å². The highest BCUT2D eigenvalue weighted by Crippen LogP contribution is 2.49. The lowest BCUT2D eigenvalue weighted by Crippen LogP contribution is -2.52. The highest BCUT2D eigenvalue weighted by molar-refractivity contribution is 6.32. The number of hydrogen-bond acceptors (Lipinski definition) is 10. The van der Waals surface area contributed by atoms with Gasteiger partial charge in [-0.15, -0.1) is 0 Å². The lowest BCUT2D eigenvalue weighted by Gasteiger charge is -2.47. The average molecular weight is 731 g/mol. The van der Waals surface area contributed by atoms with Gasteiger partial charge in [0.05, 0.1) is 29.8 Å². The highest BCUT2D eigenvalue weighted by Gasteiger charge is 2.49. The van der Waals surface area contributed by atoms with E-state index in [0.717, 1.165) is 55.6 Å². The highest BCUT2D eigenvalue weighted by atomic mass is 35.5. The molecule has 11 heteroatoms. The summed E-state index contributed by atoms with van der Waals surface area (Å²) in [4.78, 5) is 6.56. The number of rotatable bonds is 18. The van der Waals surface area contributed by atoms with Crippen molar-refractivity contribution in [2.24, 2.45) is 11.3 Å². The van der Waals surface area contributed by atoms with Gasteiger partial charge in [-0.2, -0.15) is 5.26 Å². The maximum Gasteiger partial charge on any atom is 0.141 e. The topological polar surface area (TPSA) is 140 Å². The zero-order valence-electron chi connectivity index (χ0n) is 30.1. The first-order chi connectivity index (χ1) is 25.2. The summed E-state index contributed by atoms with van der Waals surface area (Å²) in [5, 5.41) is 41.8. The first-order valence-electron chi connectivity index (χ1n) is 18.0. The molecule has 1 unspecified atom stereocenters. The molecule has 1 aromatic heterocycles. The number of nitriles is 1. The Bertz CT molecular complexity index is 1710. The van der Waals surface area contributed by atoms with Gasteiger partial charge in [-0.3, -0.25) is 4.98 Å². The minimum Gasteiger partial charge on any atom is -0.488 e. The van der Waals surface area contributed by atoms with Gasteiger partial charge in [-0.1, -0.05) is 67.9 Å². The second kappa shape index (κ2) is 18.8. The molecule has 0 radical (unpaired) electrons. The number of hydrogen-bond donors (Lipinski definition) is 4. The molecule has 1 fully saturated rings. The lowest BCUT2D eigenvalue weighted by atomic mass is 9.65. The molecule has 1 saturated heterocycles. The van der Waals surface area contributed by atoms with Gasteiger partial charge < -0.3 is 39.7 Å². The van der Waals surface area contributed by atoms with Crippen molar-refractivity contribution in [3.63, 3.8) is 0 Å². The van der Waals surface area contributed by atoms with Crippen LogP contribution in [-0.2, 0) is 17.9 Å². The van der Waals surface area contributed by atoms with Gasteiger partial charge >= 0.3 is 0 Å². The largest absolute Gasteiger partial charge is 0.488 e. The van der Waals surface area contributed by atoms with Crippen LogP contribution in [0.15, 0.2) is 79.2 Å². The SMILES string of the molecule is CC1(C)C(c2ccccc2)=CC=C[C@]1(COc1cc(OCc2cncc(C#N)c2)c(CNC(CO)CO)cc1Cl)OCCCN1CCCC(CO)C1. The van der Waals surface area contributed by atoms with Crippen molar-refractivity contribution in [2.75, 3.05) is 52.7 Å². The van der Waals surface area contributed by atoms with Gasteiger partial charge in [0.15, 0.2) is 0 Å². The fourth-order valence-electron chi connectivity index (χ4n) is 6.94. The summed E-state index contributed by atoms with van der Waals surface area (Å²) in [5.74, 6) is 1.24. The lowest BCUT2D eigenvalue weighted by molar-refractivity contribution is -0.0931. The van der Waals surface area contributed by atoms with Gasteiger partial charge in [0.25, 0.3) is 0 Å². The number of benzene rings is 2. The minimum atomic E-state index is -0.855. The van der Waals surface area contributed by atoms with Gasteiger partial charge in [0.2, 0.25) is 0 Å². The standard InChI is InChI=1S/C41H51ClN4O6/c1-40(2)36(33-10-4-3-5-11-33)12-6-13-41(40,52-16-8-15-46-14-7-9-30(24-46)25-47)29-51-39-19-38(50-28-32-17-31(20-43)21-44-22-32)34(18-37(39)42)23-45-35(26-48)27-49/h3-6,10-13,17-19,21-22,30,35,45,47-49H,7-9,14-16,23-29H2,1-2H3/t30?,41-/m1/s1. The molecule has 5 rings (SSSR count). The molecule has 0 saturated carbocycles. The Morgan fingerprint density at radius 2 is 1.88 bits per heavy atom. The first-order valence-corrected chi connectivity index (χ1v) is 18.4. The second-order valence-electron chi connectivity index (χ2n) is 14.1. The van der Waals surface area contributed by atoms with E-state index in [1.54, 1.807) is 24.4 Å². The Morgan fingerprint density at radius 1 is 1.08 bits per heavy atom. The van der Waals surface area contributed by atoms with Crippen LogP contribution in [0.4, 0.5) is 0 Å². The number of allylic oxidation sites excluding steroid dienone is 2. The summed E-state index contributed by atoms with van der Waals surface area (Å²) >= 11 is 6.89. The second-order valence-corrected chi connectivity index (χ2v) is 14.5. The smallest absolute Gasteiger partial charge is 0.141 e. The van der Waals surface area contributed by atoms with E-state index in [1.165, 1.54) is 6.20 Å². The number of ether oxygens (including phenoxy) is 3. The molecule has 52 heavy (non-hydrogen) atoms. The van der Waals surface area contributed by atoms with Crippen LogP contribution in [0, 0.1) is 22.7 Å². The van der Waals surface area contributed by atoms with Gasteiger partial charge in [0, 0.05) is 67.8 Å². The van der Waals surface area contributed by atoms with E-state index >= 15 is 0 Å². The van der Waals surface area contributed by atoms with E-state index in [9.17, 15) is 20.6 Å². The van der Waals surface area contributed by atoms with Crippen molar-refractivity contribution >= 4 is 17.2 Å². The van der Waals surface area contributed by atoms with E-state index in [2.05, 4.69) is 59.4 Å². The molecule has 1 aliphatic heterocycles. The summed E-state index contributed by atoms with van der Waals surface area (Å²) in [6.07, 6.45) is 12.4. The van der Waals surface area contributed by atoms with E-state index < -0.39 is 17.1 Å². The van der Waals surface area contributed by atoms with Crippen LogP contribution >= 0.6 is 11.6 Å². The molecule has 2 heterocycles. The van der Waals surface area contributed by atoms with Crippen LogP contribution in [0.2, 0.25) is 5.02 Å². The molecule has 0 amide bonds. The fraction of sp³-hybridized carbons (Fsp3) is 0.463. The third-order valence-electron chi connectivity index (χ3n) is 10.2. The molecule has 2 aliphatic rings. The average Bonchev–Trinajstić information content (AvgIpc) is 3.17. The van der Waals surface area contributed by atoms with Gasteiger partial charge in [-0.25, -0.2) is 0 Å². The monoisotopic (exact) mass is 730 g/mol. The molecule has 2 aromatic carbocycles. The van der Waals surface area contributed by atoms with Crippen molar-refractivity contribution in [1.29, 1.82) is 5.26 Å². The summed E-state index contributed by atoms with van der Waals surface area (Å²) in [6, 6.07) is 17.1. The van der Waals surface area contributed by atoms with E-state index in [1.807, 2.05) is 24.3 Å². The number of piperidine rings is 1. The molecule has 3 aromatic rings. The minimum absolute atomic E-state index is 0.143. The van der Waals surface area contributed by atoms with Crippen molar-refractivity contribution in [2.45, 2.75) is 57.9 Å². The Labute approximate surface area is 312 Å². The van der Waals surface area contributed by atoms with Crippen LogP contribution in [-0.4, -0.2) is 89.5 Å². The van der Waals surface area contributed by atoms with Crippen LogP contribution in [0.3, 0.4) is 0 Å².